The third kappa shape index (κ3) is 2.97. The fourth-order valence-corrected chi connectivity index (χ4v) is 1.98. The maximum absolute atomic E-state index is 12.0. The SMILES string of the molecule is COC(=O)C1=C(C(=O)OC)N(c2ccc(O)cc2)COC1. The summed E-state index contributed by atoms with van der Waals surface area (Å²) in [5.41, 5.74) is 0.735. The average molecular weight is 293 g/mol. The molecule has 0 aliphatic carbocycles. The number of nitrogens with zero attached hydrogens (tertiary/aromatic N) is 1. The molecular weight excluding hydrogens is 278 g/mol. The highest BCUT2D eigenvalue weighted by Crippen LogP contribution is 2.27. The summed E-state index contributed by atoms with van der Waals surface area (Å²) >= 11 is 0. The van der Waals surface area contributed by atoms with Crippen LogP contribution in [-0.2, 0) is 23.8 Å². The van der Waals surface area contributed by atoms with E-state index in [1.54, 1.807) is 12.1 Å². The number of phenolic OH excluding ortho intramolecular Hbond substituents is 1. The summed E-state index contributed by atoms with van der Waals surface area (Å²) < 4.78 is 14.7. The summed E-state index contributed by atoms with van der Waals surface area (Å²) in [5, 5.41) is 9.33. The summed E-state index contributed by atoms with van der Waals surface area (Å²) in [6.45, 7) is 0.0430. The van der Waals surface area contributed by atoms with Crippen LogP contribution in [0.2, 0.25) is 0 Å². The quantitative estimate of drug-likeness (QED) is 0.824. The van der Waals surface area contributed by atoms with Gasteiger partial charge in [-0.2, -0.15) is 0 Å². The molecule has 0 saturated heterocycles. The molecular formula is C14H15NO6. The minimum Gasteiger partial charge on any atom is -0.508 e. The zero-order valence-electron chi connectivity index (χ0n) is 11.7. The third-order valence-electron chi connectivity index (χ3n) is 2.99. The van der Waals surface area contributed by atoms with Crippen molar-refractivity contribution in [3.05, 3.63) is 35.5 Å². The Morgan fingerprint density at radius 2 is 1.76 bits per heavy atom. The van der Waals surface area contributed by atoms with E-state index in [4.69, 9.17) is 9.47 Å². The molecule has 1 aliphatic heterocycles. The highest BCUT2D eigenvalue weighted by Gasteiger charge is 2.32. The van der Waals surface area contributed by atoms with Gasteiger partial charge in [0.1, 0.15) is 18.2 Å². The molecule has 0 fully saturated rings. The third-order valence-corrected chi connectivity index (χ3v) is 2.99. The molecule has 0 unspecified atom stereocenters. The number of methoxy groups -OCH3 is 2. The Balaban J connectivity index is 2.50. The van der Waals surface area contributed by atoms with Crippen LogP contribution < -0.4 is 4.90 Å². The van der Waals surface area contributed by atoms with Crippen LogP contribution in [0.25, 0.3) is 0 Å². The van der Waals surface area contributed by atoms with E-state index in [1.165, 1.54) is 31.3 Å². The van der Waals surface area contributed by atoms with Crippen LogP contribution >= 0.6 is 0 Å². The first-order valence-corrected chi connectivity index (χ1v) is 6.12. The lowest BCUT2D eigenvalue weighted by atomic mass is 10.1. The molecule has 0 atom stereocenters. The number of rotatable bonds is 3. The van der Waals surface area contributed by atoms with Gasteiger partial charge in [0.25, 0.3) is 0 Å². The number of aromatic hydroxyl groups is 1. The lowest BCUT2D eigenvalue weighted by molar-refractivity contribution is -0.140. The first-order valence-electron chi connectivity index (χ1n) is 6.12. The number of anilines is 1. The highest BCUT2D eigenvalue weighted by molar-refractivity contribution is 6.03. The molecule has 0 spiro atoms. The van der Waals surface area contributed by atoms with Gasteiger partial charge in [-0.05, 0) is 24.3 Å². The Labute approximate surface area is 121 Å². The van der Waals surface area contributed by atoms with E-state index in [0.717, 1.165) is 0 Å². The standard InChI is InChI=1S/C14H15NO6/c1-19-13(17)11-7-21-8-15(12(11)14(18)20-2)9-3-5-10(16)6-4-9/h3-6,16H,7-8H2,1-2H3. The van der Waals surface area contributed by atoms with E-state index in [2.05, 4.69) is 4.74 Å². The van der Waals surface area contributed by atoms with Crippen molar-refractivity contribution in [1.82, 2.24) is 0 Å². The van der Waals surface area contributed by atoms with Crippen molar-refractivity contribution >= 4 is 17.6 Å². The van der Waals surface area contributed by atoms with Crippen molar-refractivity contribution in [3.63, 3.8) is 0 Å². The first-order chi connectivity index (χ1) is 10.1. The molecule has 0 aromatic heterocycles. The largest absolute Gasteiger partial charge is 0.508 e. The lowest BCUT2D eigenvalue weighted by Crippen LogP contribution is -2.38. The predicted molar refractivity (Wildman–Crippen MR) is 72.5 cm³/mol. The zero-order valence-corrected chi connectivity index (χ0v) is 11.7. The molecule has 7 nitrogen and oxygen atoms in total. The smallest absolute Gasteiger partial charge is 0.355 e. The second kappa shape index (κ2) is 6.27. The van der Waals surface area contributed by atoms with Gasteiger partial charge in [0.2, 0.25) is 0 Å². The van der Waals surface area contributed by atoms with Crippen LogP contribution in [0.1, 0.15) is 0 Å². The van der Waals surface area contributed by atoms with Crippen molar-refractivity contribution in [2.45, 2.75) is 0 Å². The summed E-state index contributed by atoms with van der Waals surface area (Å²) in [6, 6.07) is 6.14. The minimum absolute atomic E-state index is 0.0360. The van der Waals surface area contributed by atoms with Gasteiger partial charge in [-0.25, -0.2) is 9.59 Å². The Morgan fingerprint density at radius 3 is 2.33 bits per heavy atom. The number of ether oxygens (including phenoxy) is 3. The number of carbonyl (C=O) groups excluding carboxylic acids is 2. The lowest BCUT2D eigenvalue weighted by Gasteiger charge is -2.31. The summed E-state index contributed by atoms with van der Waals surface area (Å²) in [7, 11) is 2.46. The molecule has 1 aliphatic rings. The Kier molecular flexibility index (Phi) is 4.44. The summed E-state index contributed by atoms with van der Waals surface area (Å²) in [4.78, 5) is 25.3. The molecule has 0 saturated carbocycles. The molecule has 1 aromatic carbocycles. The summed E-state index contributed by atoms with van der Waals surface area (Å²) in [6.07, 6.45) is 0. The molecule has 2 rings (SSSR count). The molecule has 1 heterocycles. The molecule has 112 valence electrons. The van der Waals surface area contributed by atoms with Crippen LogP contribution in [-0.4, -0.2) is 44.6 Å². The minimum atomic E-state index is -0.660. The molecule has 1 N–H and O–H groups in total. The molecule has 0 amide bonds. The monoisotopic (exact) mass is 293 g/mol. The van der Waals surface area contributed by atoms with Gasteiger partial charge in [0.15, 0.2) is 0 Å². The second-order valence-corrected chi connectivity index (χ2v) is 4.23. The van der Waals surface area contributed by atoms with E-state index < -0.39 is 11.9 Å². The number of hydrogen-bond donors (Lipinski definition) is 1. The predicted octanol–water partition coefficient (Wildman–Crippen LogP) is 0.786. The van der Waals surface area contributed by atoms with Gasteiger partial charge < -0.3 is 24.2 Å². The number of hydrogen-bond acceptors (Lipinski definition) is 7. The Hall–Kier alpha value is -2.54. The first kappa shape index (κ1) is 14.9. The fourth-order valence-electron chi connectivity index (χ4n) is 1.98. The zero-order chi connectivity index (χ0) is 15.4. The van der Waals surface area contributed by atoms with Crippen LogP contribution in [0, 0.1) is 0 Å². The molecule has 0 bridgehead atoms. The second-order valence-electron chi connectivity index (χ2n) is 4.23. The van der Waals surface area contributed by atoms with E-state index in [-0.39, 0.29) is 30.4 Å². The molecule has 21 heavy (non-hydrogen) atoms. The van der Waals surface area contributed by atoms with Gasteiger partial charge in [-0.3, -0.25) is 0 Å². The van der Waals surface area contributed by atoms with Crippen molar-refractivity contribution < 1.29 is 28.9 Å². The number of phenols is 1. The number of benzene rings is 1. The van der Waals surface area contributed by atoms with Crippen molar-refractivity contribution in [3.8, 4) is 5.75 Å². The van der Waals surface area contributed by atoms with Gasteiger partial charge >= 0.3 is 11.9 Å². The fraction of sp³-hybridized carbons (Fsp3) is 0.286. The maximum atomic E-state index is 12.0. The van der Waals surface area contributed by atoms with E-state index >= 15 is 0 Å². The number of esters is 2. The van der Waals surface area contributed by atoms with Gasteiger partial charge in [0.05, 0.1) is 26.4 Å². The van der Waals surface area contributed by atoms with Crippen LogP contribution in [0.15, 0.2) is 35.5 Å². The normalized spacial score (nSPS) is 14.9. The van der Waals surface area contributed by atoms with E-state index in [0.29, 0.717) is 5.69 Å². The van der Waals surface area contributed by atoms with Crippen LogP contribution in [0.5, 0.6) is 5.75 Å². The van der Waals surface area contributed by atoms with Crippen molar-refractivity contribution in [2.75, 3.05) is 32.5 Å². The van der Waals surface area contributed by atoms with Gasteiger partial charge in [-0.15, -0.1) is 0 Å². The molecule has 7 heteroatoms. The highest BCUT2D eigenvalue weighted by atomic mass is 16.5. The average Bonchev–Trinajstić information content (AvgIpc) is 2.53. The Bertz CT molecular complexity index is 578. The van der Waals surface area contributed by atoms with Crippen LogP contribution in [0.3, 0.4) is 0 Å². The van der Waals surface area contributed by atoms with Gasteiger partial charge in [-0.1, -0.05) is 0 Å². The van der Waals surface area contributed by atoms with E-state index in [9.17, 15) is 14.7 Å². The molecule has 1 aromatic rings. The van der Waals surface area contributed by atoms with Crippen molar-refractivity contribution in [1.29, 1.82) is 0 Å². The van der Waals surface area contributed by atoms with Gasteiger partial charge in [0, 0.05) is 5.69 Å². The maximum Gasteiger partial charge on any atom is 0.355 e. The summed E-state index contributed by atoms with van der Waals surface area (Å²) in [5.74, 6) is -1.22. The number of carbonyl (C=O) groups is 2. The Morgan fingerprint density at radius 1 is 1.14 bits per heavy atom. The van der Waals surface area contributed by atoms with E-state index in [1.807, 2.05) is 0 Å². The molecule has 0 radical (unpaired) electrons. The van der Waals surface area contributed by atoms with Crippen molar-refractivity contribution in [2.24, 2.45) is 0 Å². The topological polar surface area (TPSA) is 85.3 Å². The van der Waals surface area contributed by atoms with Crippen LogP contribution in [0.4, 0.5) is 5.69 Å².